The smallest absolute Gasteiger partial charge is 0.326 e. The molecule has 2 atom stereocenters. The molecule has 1 heterocycles. The van der Waals surface area contributed by atoms with Crippen LogP contribution >= 0.6 is 0 Å². The molecule has 0 aromatic carbocycles. The molecule has 4 heteroatoms. The summed E-state index contributed by atoms with van der Waals surface area (Å²) in [5.74, 6) is -0.199. The molecule has 0 aromatic rings. The number of nitrogens with one attached hydrogen (secondary N) is 1. The molecule has 0 radical (unpaired) electrons. The first-order valence-electron chi connectivity index (χ1n) is 6.21. The predicted octanol–water partition coefficient (Wildman–Crippen LogP) is 1.22. The SMILES string of the molecule is CCC(C)OC(=O)C1(CCO)CCCCN1. The minimum Gasteiger partial charge on any atom is -0.461 e. The Kier molecular flexibility index (Phi) is 5.22. The van der Waals surface area contributed by atoms with Gasteiger partial charge < -0.3 is 15.2 Å². The average Bonchev–Trinajstić information content (AvgIpc) is 2.30. The number of hydrogen-bond acceptors (Lipinski definition) is 4. The van der Waals surface area contributed by atoms with Crippen molar-refractivity contribution < 1.29 is 14.6 Å². The van der Waals surface area contributed by atoms with Crippen LogP contribution in [-0.4, -0.2) is 35.9 Å². The molecule has 2 N–H and O–H groups in total. The number of rotatable bonds is 5. The molecule has 0 bridgehead atoms. The monoisotopic (exact) mass is 229 g/mol. The van der Waals surface area contributed by atoms with Crippen LogP contribution in [0.5, 0.6) is 0 Å². The van der Waals surface area contributed by atoms with E-state index < -0.39 is 5.54 Å². The van der Waals surface area contributed by atoms with Gasteiger partial charge in [-0.1, -0.05) is 6.92 Å². The van der Waals surface area contributed by atoms with Crippen LogP contribution in [0.25, 0.3) is 0 Å². The van der Waals surface area contributed by atoms with Crippen molar-refractivity contribution in [3.05, 3.63) is 0 Å². The minimum absolute atomic E-state index is 0.0165. The summed E-state index contributed by atoms with van der Waals surface area (Å²) in [6.45, 7) is 4.73. The molecule has 1 fully saturated rings. The Morgan fingerprint density at radius 3 is 2.81 bits per heavy atom. The van der Waals surface area contributed by atoms with E-state index in [2.05, 4.69) is 5.32 Å². The Labute approximate surface area is 97.4 Å². The van der Waals surface area contributed by atoms with Gasteiger partial charge in [-0.3, -0.25) is 4.79 Å². The molecule has 0 aliphatic carbocycles. The molecular formula is C12H23NO3. The first kappa shape index (κ1) is 13.5. The molecule has 0 aromatic heterocycles. The number of carbonyl (C=O) groups excluding carboxylic acids is 1. The topological polar surface area (TPSA) is 58.6 Å². The van der Waals surface area contributed by atoms with E-state index in [1.165, 1.54) is 0 Å². The summed E-state index contributed by atoms with van der Waals surface area (Å²) in [6, 6.07) is 0. The van der Waals surface area contributed by atoms with Crippen LogP contribution in [0.3, 0.4) is 0 Å². The van der Waals surface area contributed by atoms with Crippen LogP contribution < -0.4 is 5.32 Å². The van der Waals surface area contributed by atoms with E-state index in [0.717, 1.165) is 32.2 Å². The lowest BCUT2D eigenvalue weighted by atomic mass is 9.86. The second kappa shape index (κ2) is 6.21. The lowest BCUT2D eigenvalue weighted by Crippen LogP contribution is -2.56. The maximum atomic E-state index is 12.1. The van der Waals surface area contributed by atoms with Gasteiger partial charge in [0, 0.05) is 6.61 Å². The summed E-state index contributed by atoms with van der Waals surface area (Å²) in [5, 5.41) is 12.3. The highest BCUT2D eigenvalue weighted by Gasteiger charge is 2.40. The van der Waals surface area contributed by atoms with Crippen LogP contribution in [-0.2, 0) is 9.53 Å². The number of esters is 1. The van der Waals surface area contributed by atoms with Gasteiger partial charge in [0.1, 0.15) is 5.54 Å². The number of aliphatic hydroxyl groups excluding tert-OH is 1. The number of hydrogen-bond donors (Lipinski definition) is 2. The zero-order chi connectivity index (χ0) is 12.0. The van der Waals surface area contributed by atoms with Gasteiger partial charge in [0.2, 0.25) is 0 Å². The Balaban J connectivity index is 2.64. The fourth-order valence-corrected chi connectivity index (χ4v) is 2.03. The molecule has 2 unspecified atom stereocenters. The highest BCUT2D eigenvalue weighted by molar-refractivity contribution is 5.81. The summed E-state index contributed by atoms with van der Waals surface area (Å²) in [7, 11) is 0. The summed E-state index contributed by atoms with van der Waals surface area (Å²) in [4.78, 5) is 12.1. The van der Waals surface area contributed by atoms with Gasteiger partial charge in [0.15, 0.2) is 0 Å². The van der Waals surface area contributed by atoms with Crippen molar-refractivity contribution >= 4 is 5.97 Å². The highest BCUT2D eigenvalue weighted by Crippen LogP contribution is 2.25. The Bertz CT molecular complexity index is 219. The fourth-order valence-electron chi connectivity index (χ4n) is 2.03. The van der Waals surface area contributed by atoms with Crippen LogP contribution in [0.2, 0.25) is 0 Å². The lowest BCUT2D eigenvalue weighted by molar-refractivity contribution is -0.158. The summed E-state index contributed by atoms with van der Waals surface area (Å²) >= 11 is 0. The second-order valence-corrected chi connectivity index (χ2v) is 4.56. The Hall–Kier alpha value is -0.610. The zero-order valence-corrected chi connectivity index (χ0v) is 10.3. The van der Waals surface area contributed by atoms with E-state index in [1.54, 1.807) is 0 Å². The van der Waals surface area contributed by atoms with Gasteiger partial charge in [0.05, 0.1) is 6.10 Å². The van der Waals surface area contributed by atoms with Crippen molar-refractivity contribution in [2.45, 2.75) is 57.6 Å². The van der Waals surface area contributed by atoms with Crippen molar-refractivity contribution in [1.29, 1.82) is 0 Å². The van der Waals surface area contributed by atoms with Crippen LogP contribution in [0.4, 0.5) is 0 Å². The molecule has 1 aliphatic heterocycles. The van der Waals surface area contributed by atoms with Crippen molar-refractivity contribution in [2.75, 3.05) is 13.2 Å². The third kappa shape index (κ3) is 3.19. The van der Waals surface area contributed by atoms with Crippen LogP contribution in [0.15, 0.2) is 0 Å². The summed E-state index contributed by atoms with van der Waals surface area (Å²) in [5.41, 5.74) is -0.642. The first-order valence-corrected chi connectivity index (χ1v) is 6.21. The van der Waals surface area contributed by atoms with Crippen molar-refractivity contribution in [2.24, 2.45) is 0 Å². The summed E-state index contributed by atoms with van der Waals surface area (Å²) in [6.07, 6.45) is 4.09. The minimum atomic E-state index is -0.642. The third-order valence-electron chi connectivity index (χ3n) is 3.31. The molecular weight excluding hydrogens is 206 g/mol. The van der Waals surface area contributed by atoms with E-state index in [-0.39, 0.29) is 18.7 Å². The highest BCUT2D eigenvalue weighted by atomic mass is 16.5. The molecule has 16 heavy (non-hydrogen) atoms. The molecule has 1 aliphatic rings. The lowest BCUT2D eigenvalue weighted by Gasteiger charge is -2.36. The van der Waals surface area contributed by atoms with E-state index in [9.17, 15) is 4.79 Å². The molecule has 94 valence electrons. The van der Waals surface area contributed by atoms with E-state index in [4.69, 9.17) is 9.84 Å². The molecule has 0 amide bonds. The van der Waals surface area contributed by atoms with Crippen LogP contribution in [0.1, 0.15) is 46.0 Å². The summed E-state index contributed by atoms with van der Waals surface area (Å²) < 4.78 is 5.38. The van der Waals surface area contributed by atoms with Crippen molar-refractivity contribution in [3.8, 4) is 0 Å². The first-order chi connectivity index (χ1) is 7.64. The number of aliphatic hydroxyl groups is 1. The number of ether oxygens (including phenoxy) is 1. The van der Waals surface area contributed by atoms with E-state index >= 15 is 0 Å². The Morgan fingerprint density at radius 2 is 2.31 bits per heavy atom. The van der Waals surface area contributed by atoms with Gasteiger partial charge in [-0.2, -0.15) is 0 Å². The normalized spacial score (nSPS) is 27.4. The fraction of sp³-hybridized carbons (Fsp3) is 0.917. The van der Waals surface area contributed by atoms with Gasteiger partial charge >= 0.3 is 5.97 Å². The van der Waals surface area contributed by atoms with Gasteiger partial charge in [-0.15, -0.1) is 0 Å². The van der Waals surface area contributed by atoms with Gasteiger partial charge in [0.25, 0.3) is 0 Å². The predicted molar refractivity (Wildman–Crippen MR) is 62.1 cm³/mol. The van der Waals surface area contributed by atoms with Crippen molar-refractivity contribution in [1.82, 2.24) is 5.32 Å². The standard InChI is InChI=1S/C12H23NO3/c1-3-10(2)16-11(15)12(7-9-14)6-4-5-8-13-12/h10,13-14H,3-9H2,1-2H3. The van der Waals surface area contributed by atoms with Gasteiger partial charge in [-0.25, -0.2) is 0 Å². The maximum absolute atomic E-state index is 12.1. The van der Waals surface area contributed by atoms with E-state index in [0.29, 0.717) is 6.42 Å². The average molecular weight is 229 g/mol. The maximum Gasteiger partial charge on any atom is 0.326 e. The molecule has 1 rings (SSSR count). The number of piperidine rings is 1. The van der Waals surface area contributed by atoms with Gasteiger partial charge in [-0.05, 0) is 45.6 Å². The largest absolute Gasteiger partial charge is 0.461 e. The quantitative estimate of drug-likeness (QED) is 0.696. The van der Waals surface area contributed by atoms with Crippen LogP contribution in [0, 0.1) is 0 Å². The molecule has 1 saturated heterocycles. The molecule has 0 spiro atoms. The molecule has 0 saturated carbocycles. The Morgan fingerprint density at radius 1 is 1.56 bits per heavy atom. The third-order valence-corrected chi connectivity index (χ3v) is 3.31. The molecule has 4 nitrogen and oxygen atoms in total. The number of carbonyl (C=O) groups is 1. The van der Waals surface area contributed by atoms with Crippen molar-refractivity contribution in [3.63, 3.8) is 0 Å². The zero-order valence-electron chi connectivity index (χ0n) is 10.3. The van der Waals surface area contributed by atoms with E-state index in [1.807, 2.05) is 13.8 Å². The second-order valence-electron chi connectivity index (χ2n) is 4.56.